The zero-order valence-electron chi connectivity index (χ0n) is 14.6. The van der Waals surface area contributed by atoms with Crippen LogP contribution in [0.15, 0.2) is 48.5 Å². The van der Waals surface area contributed by atoms with Gasteiger partial charge < -0.3 is 10.2 Å². The smallest absolute Gasteiger partial charge is 0.156 e. The quantitative estimate of drug-likeness (QED) is 0.698. The third-order valence-corrected chi connectivity index (χ3v) is 4.09. The number of nitrogens with one attached hydrogen (secondary N) is 1. The molecule has 0 saturated heterocycles. The standard InChI is InChI=1S/C20H24N4/c1-15-9-11-16(12-10-15)19-17-7-4-5-8-18(17)20(23-22-19)21-13-6-14-24(2)3/h4-5,7-12H,6,13-14H2,1-3H3,(H,21,23). The Kier molecular flexibility index (Phi) is 5.06. The molecule has 0 unspecified atom stereocenters. The number of aromatic nitrogens is 2. The van der Waals surface area contributed by atoms with Crippen molar-refractivity contribution in [2.45, 2.75) is 13.3 Å². The molecule has 0 aliphatic rings. The van der Waals surface area contributed by atoms with Crippen LogP contribution in [0, 0.1) is 6.92 Å². The number of anilines is 1. The van der Waals surface area contributed by atoms with E-state index < -0.39 is 0 Å². The van der Waals surface area contributed by atoms with Gasteiger partial charge in [-0.2, -0.15) is 0 Å². The van der Waals surface area contributed by atoms with Crippen LogP contribution in [-0.4, -0.2) is 42.3 Å². The topological polar surface area (TPSA) is 41.1 Å². The van der Waals surface area contributed by atoms with Crippen LogP contribution in [-0.2, 0) is 0 Å². The van der Waals surface area contributed by atoms with Crippen LogP contribution in [0.3, 0.4) is 0 Å². The van der Waals surface area contributed by atoms with Crippen LogP contribution in [0.5, 0.6) is 0 Å². The van der Waals surface area contributed by atoms with Gasteiger partial charge in [0.25, 0.3) is 0 Å². The highest BCUT2D eigenvalue weighted by Gasteiger charge is 2.10. The second kappa shape index (κ2) is 7.41. The van der Waals surface area contributed by atoms with E-state index in [9.17, 15) is 0 Å². The number of rotatable bonds is 6. The predicted molar refractivity (Wildman–Crippen MR) is 101 cm³/mol. The Morgan fingerprint density at radius 1 is 0.917 bits per heavy atom. The number of hydrogen-bond acceptors (Lipinski definition) is 4. The minimum absolute atomic E-state index is 0.861. The molecular formula is C20H24N4. The average molecular weight is 320 g/mol. The molecule has 2 aromatic carbocycles. The van der Waals surface area contributed by atoms with Crippen LogP contribution >= 0.6 is 0 Å². The molecule has 0 saturated carbocycles. The minimum Gasteiger partial charge on any atom is -0.368 e. The van der Waals surface area contributed by atoms with Crippen LogP contribution in [0.2, 0.25) is 0 Å². The van der Waals surface area contributed by atoms with Gasteiger partial charge in [-0.1, -0.05) is 54.1 Å². The summed E-state index contributed by atoms with van der Waals surface area (Å²) in [7, 11) is 4.18. The summed E-state index contributed by atoms with van der Waals surface area (Å²) in [5.74, 6) is 0.861. The maximum Gasteiger partial charge on any atom is 0.156 e. The van der Waals surface area contributed by atoms with Gasteiger partial charge in [0.15, 0.2) is 5.82 Å². The molecule has 0 radical (unpaired) electrons. The van der Waals surface area contributed by atoms with Gasteiger partial charge in [-0.25, -0.2) is 0 Å². The summed E-state index contributed by atoms with van der Waals surface area (Å²) < 4.78 is 0. The second-order valence-corrected chi connectivity index (χ2v) is 6.39. The Bertz CT molecular complexity index is 809. The fourth-order valence-corrected chi connectivity index (χ4v) is 2.76. The monoisotopic (exact) mass is 320 g/mol. The Hall–Kier alpha value is -2.46. The molecule has 0 aliphatic heterocycles. The van der Waals surface area contributed by atoms with Crippen LogP contribution in [0.1, 0.15) is 12.0 Å². The zero-order valence-corrected chi connectivity index (χ0v) is 14.6. The molecule has 1 aromatic heterocycles. The van der Waals surface area contributed by atoms with Crippen molar-refractivity contribution in [1.29, 1.82) is 0 Å². The van der Waals surface area contributed by atoms with E-state index in [2.05, 4.69) is 83.9 Å². The summed E-state index contributed by atoms with van der Waals surface area (Å²) in [5, 5.41) is 14.6. The van der Waals surface area contributed by atoms with E-state index in [1.165, 1.54) is 5.56 Å². The molecule has 1 heterocycles. The highest BCUT2D eigenvalue weighted by molar-refractivity contribution is 5.99. The fraction of sp³-hybridized carbons (Fsp3) is 0.300. The summed E-state index contributed by atoms with van der Waals surface area (Å²) in [5.41, 5.74) is 3.28. The summed E-state index contributed by atoms with van der Waals surface area (Å²) in [6, 6.07) is 16.8. The van der Waals surface area contributed by atoms with E-state index in [1.54, 1.807) is 0 Å². The van der Waals surface area contributed by atoms with Crippen molar-refractivity contribution in [2.75, 3.05) is 32.5 Å². The van der Waals surface area contributed by atoms with Crippen LogP contribution in [0.25, 0.3) is 22.0 Å². The van der Waals surface area contributed by atoms with Crippen molar-refractivity contribution in [3.05, 3.63) is 54.1 Å². The van der Waals surface area contributed by atoms with Gasteiger partial charge >= 0.3 is 0 Å². The lowest BCUT2D eigenvalue weighted by atomic mass is 10.0. The number of benzene rings is 2. The van der Waals surface area contributed by atoms with Gasteiger partial charge in [-0.3, -0.25) is 0 Å². The average Bonchev–Trinajstić information content (AvgIpc) is 2.59. The lowest BCUT2D eigenvalue weighted by Crippen LogP contribution is -2.16. The van der Waals surface area contributed by atoms with E-state index in [0.29, 0.717) is 0 Å². The Balaban J connectivity index is 1.91. The molecular weight excluding hydrogens is 296 g/mol. The summed E-state index contributed by atoms with van der Waals surface area (Å²) in [6.07, 6.45) is 1.07. The summed E-state index contributed by atoms with van der Waals surface area (Å²) in [4.78, 5) is 2.19. The van der Waals surface area contributed by atoms with E-state index in [0.717, 1.165) is 47.4 Å². The first-order chi connectivity index (χ1) is 11.6. The maximum atomic E-state index is 4.50. The molecule has 0 aliphatic carbocycles. The molecule has 3 aromatic rings. The van der Waals surface area contributed by atoms with Crippen molar-refractivity contribution in [3.8, 4) is 11.3 Å². The van der Waals surface area contributed by atoms with Crippen molar-refractivity contribution in [3.63, 3.8) is 0 Å². The Morgan fingerprint density at radius 3 is 2.33 bits per heavy atom. The van der Waals surface area contributed by atoms with E-state index in [-0.39, 0.29) is 0 Å². The van der Waals surface area contributed by atoms with Gasteiger partial charge in [0.1, 0.15) is 5.69 Å². The van der Waals surface area contributed by atoms with Crippen LogP contribution in [0.4, 0.5) is 5.82 Å². The summed E-state index contributed by atoms with van der Waals surface area (Å²) in [6.45, 7) is 4.04. The normalized spacial score (nSPS) is 11.2. The molecule has 4 nitrogen and oxygen atoms in total. The van der Waals surface area contributed by atoms with E-state index >= 15 is 0 Å². The highest BCUT2D eigenvalue weighted by Crippen LogP contribution is 2.29. The third-order valence-electron chi connectivity index (χ3n) is 4.09. The third kappa shape index (κ3) is 3.71. The van der Waals surface area contributed by atoms with Gasteiger partial charge in [-0.15, -0.1) is 10.2 Å². The van der Waals surface area contributed by atoms with E-state index in [1.807, 2.05) is 6.07 Å². The molecule has 0 amide bonds. The number of hydrogen-bond donors (Lipinski definition) is 1. The number of nitrogens with zero attached hydrogens (tertiary/aromatic N) is 3. The molecule has 0 fully saturated rings. The molecule has 3 rings (SSSR count). The molecule has 4 heteroatoms. The zero-order chi connectivity index (χ0) is 16.9. The molecule has 124 valence electrons. The van der Waals surface area contributed by atoms with Gasteiger partial charge in [-0.05, 0) is 34.0 Å². The SMILES string of the molecule is Cc1ccc(-c2nnc(NCCCN(C)C)c3ccccc23)cc1. The second-order valence-electron chi connectivity index (χ2n) is 6.39. The molecule has 0 bridgehead atoms. The van der Waals surface area contributed by atoms with E-state index in [4.69, 9.17) is 0 Å². The Labute approximate surface area is 143 Å². The lowest BCUT2D eigenvalue weighted by Gasteiger charge is -2.13. The van der Waals surface area contributed by atoms with Gasteiger partial charge in [0.2, 0.25) is 0 Å². The molecule has 0 spiro atoms. The van der Waals surface area contributed by atoms with Gasteiger partial charge in [0.05, 0.1) is 0 Å². The Morgan fingerprint density at radius 2 is 1.62 bits per heavy atom. The van der Waals surface area contributed by atoms with Crippen molar-refractivity contribution in [2.24, 2.45) is 0 Å². The van der Waals surface area contributed by atoms with Crippen molar-refractivity contribution >= 4 is 16.6 Å². The molecule has 0 atom stereocenters. The van der Waals surface area contributed by atoms with Crippen molar-refractivity contribution < 1.29 is 0 Å². The van der Waals surface area contributed by atoms with Gasteiger partial charge in [0, 0.05) is 22.9 Å². The fourth-order valence-electron chi connectivity index (χ4n) is 2.76. The first kappa shape index (κ1) is 16.4. The lowest BCUT2D eigenvalue weighted by molar-refractivity contribution is 0.405. The first-order valence-corrected chi connectivity index (χ1v) is 8.36. The largest absolute Gasteiger partial charge is 0.368 e. The number of aryl methyl sites for hydroxylation is 1. The maximum absolute atomic E-state index is 4.50. The first-order valence-electron chi connectivity index (χ1n) is 8.36. The molecule has 1 N–H and O–H groups in total. The van der Waals surface area contributed by atoms with Crippen molar-refractivity contribution in [1.82, 2.24) is 15.1 Å². The number of fused-ring (bicyclic) bond motifs is 1. The van der Waals surface area contributed by atoms with Crippen LogP contribution < -0.4 is 5.32 Å². The summed E-state index contributed by atoms with van der Waals surface area (Å²) >= 11 is 0. The predicted octanol–water partition coefficient (Wildman–Crippen LogP) is 3.97. The highest BCUT2D eigenvalue weighted by atomic mass is 15.2. The minimum atomic E-state index is 0.861. The molecule has 24 heavy (non-hydrogen) atoms.